The Kier molecular flexibility index (Phi) is 5.76. The van der Waals surface area contributed by atoms with Crippen LogP contribution in [0.3, 0.4) is 0 Å². The molecule has 3 aromatic rings. The third-order valence-corrected chi connectivity index (χ3v) is 6.31. The van der Waals surface area contributed by atoms with Gasteiger partial charge in [-0.3, -0.25) is 4.79 Å². The molecule has 0 aliphatic heterocycles. The Bertz CT molecular complexity index is 1160. The van der Waals surface area contributed by atoms with Gasteiger partial charge < -0.3 is 10.3 Å². The van der Waals surface area contributed by atoms with E-state index in [1.54, 1.807) is 6.07 Å². The number of carbonyl (C=O) groups excluding carboxylic acids is 1. The third kappa shape index (κ3) is 4.20. The molecule has 0 aliphatic rings. The topological polar surface area (TPSA) is 79.0 Å². The van der Waals surface area contributed by atoms with E-state index >= 15 is 0 Å². The SMILES string of the molecule is CCCNC(=O)c1[nH]c2cc(S(C)(=O)=O)ccc2c1Sc1ccc(F)cc1F. The van der Waals surface area contributed by atoms with Crippen molar-refractivity contribution in [2.45, 2.75) is 28.0 Å². The van der Waals surface area contributed by atoms with E-state index < -0.39 is 21.5 Å². The van der Waals surface area contributed by atoms with Gasteiger partial charge in [-0.1, -0.05) is 24.8 Å². The second-order valence-electron chi connectivity index (χ2n) is 6.24. The summed E-state index contributed by atoms with van der Waals surface area (Å²) < 4.78 is 51.0. The molecule has 0 atom stereocenters. The summed E-state index contributed by atoms with van der Waals surface area (Å²) in [5.41, 5.74) is 0.636. The minimum absolute atomic E-state index is 0.103. The van der Waals surface area contributed by atoms with Crippen molar-refractivity contribution in [1.82, 2.24) is 10.3 Å². The summed E-state index contributed by atoms with van der Waals surface area (Å²) in [7, 11) is -3.43. The van der Waals surface area contributed by atoms with Gasteiger partial charge in [-0.15, -0.1) is 0 Å². The first kappa shape index (κ1) is 20.3. The first-order valence-corrected chi connectivity index (χ1v) is 11.2. The minimum atomic E-state index is -3.43. The number of benzene rings is 2. The molecule has 148 valence electrons. The average Bonchev–Trinajstić information content (AvgIpc) is 2.99. The number of carbonyl (C=O) groups is 1. The van der Waals surface area contributed by atoms with Crippen LogP contribution in [0, 0.1) is 11.6 Å². The molecule has 0 fully saturated rings. The summed E-state index contributed by atoms with van der Waals surface area (Å²) in [5.74, 6) is -1.82. The molecular weight excluding hydrogens is 406 g/mol. The van der Waals surface area contributed by atoms with E-state index in [1.807, 2.05) is 6.92 Å². The molecule has 0 bridgehead atoms. The molecule has 0 saturated heterocycles. The maximum atomic E-state index is 14.1. The number of rotatable bonds is 6. The first-order valence-electron chi connectivity index (χ1n) is 8.47. The van der Waals surface area contributed by atoms with E-state index in [9.17, 15) is 22.0 Å². The largest absolute Gasteiger partial charge is 0.351 e. The lowest BCUT2D eigenvalue weighted by Gasteiger charge is -2.07. The molecule has 0 unspecified atom stereocenters. The zero-order valence-corrected chi connectivity index (χ0v) is 16.8. The molecule has 28 heavy (non-hydrogen) atoms. The summed E-state index contributed by atoms with van der Waals surface area (Å²) in [6.07, 6.45) is 1.83. The van der Waals surface area contributed by atoms with Crippen LogP contribution in [0.2, 0.25) is 0 Å². The lowest BCUT2D eigenvalue weighted by Crippen LogP contribution is -2.24. The fourth-order valence-electron chi connectivity index (χ4n) is 2.64. The van der Waals surface area contributed by atoms with Gasteiger partial charge in [0, 0.05) is 34.7 Å². The van der Waals surface area contributed by atoms with Gasteiger partial charge in [0.15, 0.2) is 9.84 Å². The van der Waals surface area contributed by atoms with Crippen LogP contribution >= 0.6 is 11.8 Å². The summed E-state index contributed by atoms with van der Waals surface area (Å²) in [6, 6.07) is 7.65. The standard InChI is InChI=1S/C19H18F2N2O3S2/c1-3-8-22-19(24)17-18(27-16-7-4-11(20)9-14(16)21)13-6-5-12(28(2,25)26)10-15(13)23-17/h4-7,9-10,23H,3,8H2,1-2H3,(H,22,24). The van der Waals surface area contributed by atoms with Crippen LogP contribution in [0.4, 0.5) is 8.78 Å². The summed E-state index contributed by atoms with van der Waals surface area (Å²) in [5, 5.41) is 3.32. The van der Waals surface area contributed by atoms with E-state index in [-0.39, 0.29) is 21.4 Å². The highest BCUT2D eigenvalue weighted by molar-refractivity contribution is 7.99. The maximum Gasteiger partial charge on any atom is 0.268 e. The van der Waals surface area contributed by atoms with Gasteiger partial charge in [0.25, 0.3) is 5.91 Å². The van der Waals surface area contributed by atoms with Crippen molar-refractivity contribution >= 4 is 38.4 Å². The van der Waals surface area contributed by atoms with Crippen molar-refractivity contribution in [3.63, 3.8) is 0 Å². The summed E-state index contributed by atoms with van der Waals surface area (Å²) in [6.45, 7) is 2.37. The van der Waals surface area contributed by atoms with Crippen molar-refractivity contribution in [1.29, 1.82) is 0 Å². The number of aromatic amines is 1. The lowest BCUT2D eigenvalue weighted by atomic mass is 10.2. The van der Waals surface area contributed by atoms with E-state index in [4.69, 9.17) is 0 Å². The van der Waals surface area contributed by atoms with Crippen molar-refractivity contribution in [3.8, 4) is 0 Å². The molecule has 0 saturated carbocycles. The number of amides is 1. The maximum absolute atomic E-state index is 14.1. The van der Waals surface area contributed by atoms with Crippen molar-refractivity contribution in [2.75, 3.05) is 12.8 Å². The number of nitrogens with one attached hydrogen (secondary N) is 2. The van der Waals surface area contributed by atoms with E-state index in [2.05, 4.69) is 10.3 Å². The molecule has 0 radical (unpaired) electrons. The molecule has 1 heterocycles. The van der Waals surface area contributed by atoms with Crippen LogP contribution in [0.1, 0.15) is 23.8 Å². The fraction of sp³-hybridized carbons (Fsp3) is 0.211. The van der Waals surface area contributed by atoms with Crippen molar-refractivity contribution in [2.24, 2.45) is 0 Å². The zero-order valence-electron chi connectivity index (χ0n) is 15.2. The van der Waals surface area contributed by atoms with E-state index in [1.165, 1.54) is 18.2 Å². The minimum Gasteiger partial charge on any atom is -0.351 e. The Morgan fingerprint density at radius 2 is 1.93 bits per heavy atom. The van der Waals surface area contributed by atoms with Crippen LogP contribution in [0.25, 0.3) is 10.9 Å². The highest BCUT2D eigenvalue weighted by Gasteiger charge is 2.21. The predicted molar refractivity (Wildman–Crippen MR) is 105 cm³/mol. The van der Waals surface area contributed by atoms with Crippen LogP contribution in [0.15, 0.2) is 51.1 Å². The number of sulfone groups is 1. The predicted octanol–water partition coefficient (Wildman–Crippen LogP) is 4.14. The number of hydrogen-bond acceptors (Lipinski definition) is 4. The Morgan fingerprint density at radius 1 is 1.18 bits per heavy atom. The quantitative estimate of drug-likeness (QED) is 0.623. The molecule has 0 aliphatic carbocycles. The Hall–Kier alpha value is -2.39. The fourth-order valence-corrected chi connectivity index (χ4v) is 4.34. The second-order valence-corrected chi connectivity index (χ2v) is 9.31. The van der Waals surface area contributed by atoms with E-state index in [0.29, 0.717) is 22.3 Å². The third-order valence-electron chi connectivity index (χ3n) is 4.02. The second kappa shape index (κ2) is 7.92. The number of hydrogen-bond donors (Lipinski definition) is 2. The number of fused-ring (bicyclic) bond motifs is 1. The normalized spacial score (nSPS) is 11.7. The molecule has 3 rings (SSSR count). The van der Waals surface area contributed by atoms with Crippen LogP contribution in [0.5, 0.6) is 0 Å². The van der Waals surface area contributed by atoms with Crippen LogP contribution in [-0.4, -0.2) is 32.1 Å². The van der Waals surface area contributed by atoms with Crippen molar-refractivity contribution < 1.29 is 22.0 Å². The lowest BCUT2D eigenvalue weighted by molar-refractivity contribution is 0.0946. The smallest absolute Gasteiger partial charge is 0.268 e. The zero-order chi connectivity index (χ0) is 20.5. The van der Waals surface area contributed by atoms with E-state index in [0.717, 1.165) is 36.6 Å². The van der Waals surface area contributed by atoms with Gasteiger partial charge in [0.05, 0.1) is 9.79 Å². The number of aromatic nitrogens is 1. The van der Waals surface area contributed by atoms with Gasteiger partial charge in [-0.05, 0) is 30.7 Å². The molecule has 1 aromatic heterocycles. The highest BCUT2D eigenvalue weighted by atomic mass is 32.2. The molecule has 0 spiro atoms. The number of halogens is 2. The number of H-pyrrole nitrogens is 1. The molecule has 1 amide bonds. The van der Waals surface area contributed by atoms with Crippen molar-refractivity contribution in [3.05, 3.63) is 53.7 Å². The van der Waals surface area contributed by atoms with Gasteiger partial charge in [-0.25, -0.2) is 17.2 Å². The van der Waals surface area contributed by atoms with Crippen LogP contribution < -0.4 is 5.32 Å². The molecule has 9 heteroatoms. The molecule has 2 N–H and O–H groups in total. The van der Waals surface area contributed by atoms with Gasteiger partial charge in [-0.2, -0.15) is 0 Å². The monoisotopic (exact) mass is 424 g/mol. The molecular formula is C19H18F2N2O3S2. The Balaban J connectivity index is 2.14. The van der Waals surface area contributed by atoms with Gasteiger partial charge in [0.2, 0.25) is 0 Å². The summed E-state index contributed by atoms with van der Waals surface area (Å²) in [4.78, 5) is 16.2. The molecule has 2 aromatic carbocycles. The van der Waals surface area contributed by atoms with Gasteiger partial charge >= 0.3 is 0 Å². The van der Waals surface area contributed by atoms with Gasteiger partial charge in [0.1, 0.15) is 17.3 Å². The average molecular weight is 424 g/mol. The summed E-state index contributed by atoms with van der Waals surface area (Å²) >= 11 is 0.978. The van der Waals surface area contributed by atoms with Crippen LogP contribution in [-0.2, 0) is 9.84 Å². The highest BCUT2D eigenvalue weighted by Crippen LogP contribution is 2.38. The Morgan fingerprint density at radius 3 is 2.57 bits per heavy atom. The molecule has 5 nitrogen and oxygen atoms in total. The Labute approximate surface area is 165 Å². The first-order chi connectivity index (χ1) is 13.2.